The molecule has 0 radical (unpaired) electrons. The third-order valence-corrected chi connectivity index (χ3v) is 6.70. The lowest BCUT2D eigenvalue weighted by molar-refractivity contribution is -0.384. The molecule has 0 aliphatic carbocycles. The largest absolute Gasteiger partial charge is 0.438 e. The van der Waals surface area contributed by atoms with Gasteiger partial charge in [-0.15, -0.1) is 0 Å². The SMILES string of the molecule is CC1(c2ccc(Cl)cc2)CCN(CCC=C2c3cc([N+](=O)[O-])ccc3Oc3ncccc32)CO1. The summed E-state index contributed by atoms with van der Waals surface area (Å²) in [5.41, 5.74) is 3.27. The molecule has 1 fully saturated rings. The molecule has 1 unspecified atom stereocenters. The van der Waals surface area contributed by atoms with E-state index in [9.17, 15) is 10.1 Å². The summed E-state index contributed by atoms with van der Waals surface area (Å²) in [4.78, 5) is 17.6. The van der Waals surface area contributed by atoms with Crippen LogP contribution in [-0.2, 0) is 10.3 Å². The van der Waals surface area contributed by atoms with Crippen LogP contribution in [0.15, 0.2) is 66.9 Å². The summed E-state index contributed by atoms with van der Waals surface area (Å²) in [7, 11) is 0. The van der Waals surface area contributed by atoms with Gasteiger partial charge in [0.2, 0.25) is 5.88 Å². The van der Waals surface area contributed by atoms with E-state index in [2.05, 4.69) is 22.9 Å². The molecule has 5 rings (SSSR count). The number of fused-ring (bicyclic) bond motifs is 2. The summed E-state index contributed by atoms with van der Waals surface area (Å²) in [6.07, 6.45) is 5.42. The van der Waals surface area contributed by atoms with Crippen molar-refractivity contribution in [3.8, 4) is 11.6 Å². The van der Waals surface area contributed by atoms with Crippen molar-refractivity contribution in [2.24, 2.45) is 0 Å². The molecule has 0 N–H and O–H groups in total. The van der Waals surface area contributed by atoms with E-state index in [1.807, 2.05) is 36.4 Å². The Kier molecular flexibility index (Phi) is 6.08. The molecular weight excluding hydrogens is 454 g/mol. The molecule has 3 aromatic rings. The quantitative estimate of drug-likeness (QED) is 0.253. The van der Waals surface area contributed by atoms with E-state index in [-0.39, 0.29) is 16.2 Å². The molecule has 0 bridgehead atoms. The van der Waals surface area contributed by atoms with Crippen molar-refractivity contribution in [1.29, 1.82) is 0 Å². The number of ether oxygens (including phenoxy) is 2. The van der Waals surface area contributed by atoms with Gasteiger partial charge in [0.1, 0.15) is 12.5 Å². The Labute approximate surface area is 202 Å². The van der Waals surface area contributed by atoms with Gasteiger partial charge in [0.05, 0.1) is 10.5 Å². The summed E-state index contributed by atoms with van der Waals surface area (Å²) in [5, 5.41) is 12.1. The smallest absolute Gasteiger partial charge is 0.270 e. The Morgan fingerprint density at radius 1 is 1.21 bits per heavy atom. The van der Waals surface area contributed by atoms with E-state index in [1.165, 1.54) is 6.07 Å². The molecule has 0 saturated carbocycles. The number of halogens is 1. The third-order valence-electron chi connectivity index (χ3n) is 6.45. The zero-order valence-corrected chi connectivity index (χ0v) is 19.5. The van der Waals surface area contributed by atoms with Crippen molar-refractivity contribution >= 4 is 22.9 Å². The van der Waals surface area contributed by atoms with Crippen LogP contribution in [0.4, 0.5) is 5.69 Å². The fraction of sp³-hybridized carbons (Fsp3) is 0.269. The van der Waals surface area contributed by atoms with Gasteiger partial charge in [0.15, 0.2) is 0 Å². The summed E-state index contributed by atoms with van der Waals surface area (Å²) < 4.78 is 12.2. The summed E-state index contributed by atoms with van der Waals surface area (Å²) >= 11 is 6.03. The number of hydrogen-bond donors (Lipinski definition) is 0. The van der Waals surface area contributed by atoms with Gasteiger partial charge >= 0.3 is 0 Å². The molecule has 2 aromatic carbocycles. The van der Waals surface area contributed by atoms with Gasteiger partial charge in [-0.3, -0.25) is 15.0 Å². The maximum absolute atomic E-state index is 11.3. The zero-order valence-electron chi connectivity index (χ0n) is 18.7. The molecule has 1 aromatic heterocycles. The number of pyridine rings is 1. The van der Waals surface area contributed by atoms with E-state index < -0.39 is 0 Å². The van der Waals surface area contributed by atoms with Crippen LogP contribution < -0.4 is 4.74 Å². The Balaban J connectivity index is 1.31. The number of rotatable bonds is 5. The fourth-order valence-corrected chi connectivity index (χ4v) is 4.54. The number of nitro benzene ring substituents is 1. The normalized spacial score (nSPS) is 20.9. The average molecular weight is 478 g/mol. The molecule has 1 saturated heterocycles. The van der Waals surface area contributed by atoms with Gasteiger partial charge in [-0.25, -0.2) is 4.98 Å². The lowest BCUT2D eigenvalue weighted by Gasteiger charge is -2.40. The molecule has 0 spiro atoms. The second kappa shape index (κ2) is 9.18. The number of hydrogen-bond acceptors (Lipinski definition) is 6. The highest BCUT2D eigenvalue weighted by Gasteiger charge is 2.32. The predicted octanol–water partition coefficient (Wildman–Crippen LogP) is 6.17. The molecule has 2 aliphatic rings. The van der Waals surface area contributed by atoms with Crippen LogP contribution in [0.25, 0.3) is 5.57 Å². The second-order valence-electron chi connectivity index (χ2n) is 8.68. The highest BCUT2D eigenvalue weighted by Crippen LogP contribution is 2.44. The van der Waals surface area contributed by atoms with Gasteiger partial charge in [-0.2, -0.15) is 0 Å². The van der Waals surface area contributed by atoms with Crippen LogP contribution in [0.5, 0.6) is 11.6 Å². The fourth-order valence-electron chi connectivity index (χ4n) is 4.42. The van der Waals surface area contributed by atoms with Crippen molar-refractivity contribution in [1.82, 2.24) is 9.88 Å². The van der Waals surface area contributed by atoms with Crippen LogP contribution in [0, 0.1) is 10.1 Å². The monoisotopic (exact) mass is 477 g/mol. The van der Waals surface area contributed by atoms with Gasteiger partial charge in [0, 0.05) is 47.6 Å². The number of nitrogens with zero attached hydrogens (tertiary/aromatic N) is 3. The van der Waals surface area contributed by atoms with Crippen molar-refractivity contribution < 1.29 is 14.4 Å². The summed E-state index contributed by atoms with van der Waals surface area (Å²) in [5.74, 6) is 1.08. The van der Waals surface area contributed by atoms with Crippen molar-refractivity contribution in [2.45, 2.75) is 25.4 Å². The molecule has 1 atom stereocenters. The topological polar surface area (TPSA) is 77.7 Å². The Bertz CT molecular complexity index is 1250. The van der Waals surface area contributed by atoms with Crippen molar-refractivity contribution in [3.63, 3.8) is 0 Å². The Hall–Kier alpha value is -3.26. The van der Waals surface area contributed by atoms with Crippen LogP contribution in [0.3, 0.4) is 0 Å². The molecular formula is C26H24ClN3O4. The highest BCUT2D eigenvalue weighted by molar-refractivity contribution is 6.30. The molecule has 174 valence electrons. The lowest BCUT2D eigenvalue weighted by atomic mass is 9.91. The minimum absolute atomic E-state index is 0.0338. The Morgan fingerprint density at radius 3 is 2.76 bits per heavy atom. The van der Waals surface area contributed by atoms with E-state index >= 15 is 0 Å². The van der Waals surface area contributed by atoms with Crippen molar-refractivity contribution in [3.05, 3.63) is 98.7 Å². The lowest BCUT2D eigenvalue weighted by Crippen LogP contribution is -2.43. The maximum atomic E-state index is 11.3. The van der Waals surface area contributed by atoms with Gasteiger partial charge in [-0.1, -0.05) is 29.8 Å². The number of benzene rings is 2. The number of non-ortho nitro benzene ring substituents is 1. The first-order valence-electron chi connectivity index (χ1n) is 11.2. The van der Waals surface area contributed by atoms with Gasteiger partial charge < -0.3 is 9.47 Å². The zero-order chi connectivity index (χ0) is 23.7. The molecule has 2 aliphatic heterocycles. The first-order chi connectivity index (χ1) is 16.4. The number of nitro groups is 1. The summed E-state index contributed by atoms with van der Waals surface area (Å²) in [6.45, 7) is 4.36. The predicted molar refractivity (Wildman–Crippen MR) is 130 cm³/mol. The molecule has 7 nitrogen and oxygen atoms in total. The molecule has 8 heteroatoms. The second-order valence-corrected chi connectivity index (χ2v) is 9.12. The first-order valence-corrected chi connectivity index (χ1v) is 11.6. The van der Waals surface area contributed by atoms with Gasteiger partial charge in [-0.05, 0) is 61.2 Å². The first kappa shape index (κ1) is 22.5. The van der Waals surface area contributed by atoms with Crippen molar-refractivity contribution in [2.75, 3.05) is 19.8 Å². The average Bonchev–Trinajstić information content (AvgIpc) is 2.85. The Morgan fingerprint density at radius 2 is 2.03 bits per heavy atom. The van der Waals surface area contributed by atoms with Crippen LogP contribution in [-0.4, -0.2) is 34.6 Å². The standard InChI is InChI=1S/C26H24ClN3O4/c1-26(18-6-8-19(27)9-7-18)12-15-29(17-33-26)14-3-5-21-22-4-2-13-28-25(22)34-24-11-10-20(30(31)32)16-23(21)24/h2,4-11,13,16H,3,12,14-15,17H2,1H3. The minimum atomic E-state index is -0.389. The van der Waals surface area contributed by atoms with Crippen LogP contribution in [0.1, 0.15) is 36.5 Å². The summed E-state index contributed by atoms with van der Waals surface area (Å²) in [6, 6.07) is 16.3. The van der Waals surface area contributed by atoms with Crippen LogP contribution in [0.2, 0.25) is 5.02 Å². The van der Waals surface area contributed by atoms with E-state index in [1.54, 1.807) is 18.3 Å². The molecule has 34 heavy (non-hydrogen) atoms. The van der Waals surface area contributed by atoms with Crippen LogP contribution >= 0.6 is 11.6 Å². The third kappa shape index (κ3) is 4.42. The van der Waals surface area contributed by atoms with E-state index in [4.69, 9.17) is 21.1 Å². The van der Waals surface area contributed by atoms with E-state index in [0.29, 0.717) is 23.9 Å². The minimum Gasteiger partial charge on any atom is -0.438 e. The number of aromatic nitrogens is 1. The molecule has 0 amide bonds. The highest BCUT2D eigenvalue weighted by atomic mass is 35.5. The van der Waals surface area contributed by atoms with E-state index in [0.717, 1.165) is 47.7 Å². The maximum Gasteiger partial charge on any atom is 0.270 e. The van der Waals surface area contributed by atoms with Gasteiger partial charge in [0.25, 0.3) is 5.69 Å². The molecule has 3 heterocycles.